The van der Waals surface area contributed by atoms with Crippen molar-refractivity contribution < 1.29 is 28.7 Å². The van der Waals surface area contributed by atoms with Crippen molar-refractivity contribution in [3.05, 3.63) is 29.3 Å². The SMILES string of the molecule is Cc1cc(CC(=O)Nc2cc([C@H]3CC[C@@H](OC(=O)N4[C@@H](C)COC[C@]4(C)O)C3)[nH]n2)on1. The van der Waals surface area contributed by atoms with Gasteiger partial charge in [-0.25, -0.2) is 4.79 Å². The Balaban J connectivity index is 1.29. The van der Waals surface area contributed by atoms with E-state index in [1.54, 1.807) is 26.0 Å². The summed E-state index contributed by atoms with van der Waals surface area (Å²) in [7, 11) is 0. The number of nitrogens with zero attached hydrogens (tertiary/aromatic N) is 3. The van der Waals surface area contributed by atoms with Gasteiger partial charge >= 0.3 is 6.09 Å². The van der Waals surface area contributed by atoms with Gasteiger partial charge in [0.15, 0.2) is 11.5 Å². The fourth-order valence-corrected chi connectivity index (χ4v) is 4.40. The smallest absolute Gasteiger partial charge is 0.412 e. The quantitative estimate of drug-likeness (QED) is 0.632. The molecule has 1 saturated heterocycles. The zero-order chi connectivity index (χ0) is 22.9. The largest absolute Gasteiger partial charge is 0.446 e. The van der Waals surface area contributed by atoms with Gasteiger partial charge in [-0.3, -0.25) is 14.8 Å². The molecule has 11 heteroatoms. The van der Waals surface area contributed by atoms with Crippen LogP contribution in [-0.2, 0) is 20.7 Å². The van der Waals surface area contributed by atoms with Gasteiger partial charge in [0.25, 0.3) is 0 Å². The van der Waals surface area contributed by atoms with Gasteiger partial charge in [-0.2, -0.15) is 5.10 Å². The lowest BCUT2D eigenvalue weighted by molar-refractivity contribution is -0.185. The first-order chi connectivity index (χ1) is 15.2. The first-order valence-corrected chi connectivity index (χ1v) is 10.8. The number of H-pyrrole nitrogens is 1. The van der Waals surface area contributed by atoms with Gasteiger partial charge in [0.05, 0.1) is 31.4 Å². The molecule has 0 unspecified atom stereocenters. The molecule has 2 aliphatic rings. The number of hydrogen-bond donors (Lipinski definition) is 3. The van der Waals surface area contributed by atoms with Gasteiger partial charge in [0, 0.05) is 23.7 Å². The maximum atomic E-state index is 12.7. The fourth-order valence-electron chi connectivity index (χ4n) is 4.40. The van der Waals surface area contributed by atoms with Crippen molar-refractivity contribution in [1.29, 1.82) is 0 Å². The van der Waals surface area contributed by atoms with E-state index in [4.69, 9.17) is 14.0 Å². The average molecular weight is 447 g/mol. The summed E-state index contributed by atoms with van der Waals surface area (Å²) in [6.07, 6.45) is 1.46. The highest BCUT2D eigenvalue weighted by molar-refractivity contribution is 5.91. The van der Waals surface area contributed by atoms with E-state index in [0.29, 0.717) is 31.0 Å². The molecular weight excluding hydrogens is 418 g/mol. The fraction of sp³-hybridized carbons (Fsp3) is 0.619. The summed E-state index contributed by atoms with van der Waals surface area (Å²) in [5.74, 6) is 0.805. The molecule has 11 nitrogen and oxygen atoms in total. The molecular formula is C21H29N5O6. The van der Waals surface area contributed by atoms with Gasteiger partial charge in [0.1, 0.15) is 11.9 Å². The molecule has 4 rings (SSSR count). The number of morpholine rings is 1. The van der Waals surface area contributed by atoms with Gasteiger partial charge in [-0.05, 0) is 40.0 Å². The number of hydrogen-bond acceptors (Lipinski definition) is 8. The van der Waals surface area contributed by atoms with Crippen LogP contribution in [0.25, 0.3) is 0 Å². The van der Waals surface area contributed by atoms with E-state index in [1.807, 2.05) is 6.92 Å². The van der Waals surface area contributed by atoms with Crippen LogP contribution in [-0.4, -0.2) is 68.4 Å². The Hall–Kier alpha value is -2.92. The van der Waals surface area contributed by atoms with Crippen molar-refractivity contribution in [2.45, 2.75) is 70.2 Å². The Morgan fingerprint density at radius 1 is 1.41 bits per heavy atom. The van der Waals surface area contributed by atoms with E-state index in [-0.39, 0.29) is 37.0 Å². The zero-order valence-electron chi connectivity index (χ0n) is 18.5. The summed E-state index contributed by atoms with van der Waals surface area (Å²) in [6.45, 7) is 5.57. The molecule has 0 spiro atoms. The molecule has 2 amide bonds. The molecule has 2 aromatic heterocycles. The van der Waals surface area contributed by atoms with Crippen LogP contribution in [0, 0.1) is 6.92 Å². The summed E-state index contributed by atoms with van der Waals surface area (Å²) < 4.78 is 16.1. The second-order valence-corrected chi connectivity index (χ2v) is 8.83. The highest BCUT2D eigenvalue weighted by atomic mass is 16.6. The van der Waals surface area contributed by atoms with Crippen molar-refractivity contribution >= 4 is 17.8 Å². The number of amides is 2. The van der Waals surface area contributed by atoms with Gasteiger partial charge < -0.3 is 24.4 Å². The topological polar surface area (TPSA) is 143 Å². The van der Waals surface area contributed by atoms with Gasteiger partial charge in [0.2, 0.25) is 5.91 Å². The van der Waals surface area contributed by atoms with Gasteiger partial charge in [-0.1, -0.05) is 5.16 Å². The first-order valence-electron chi connectivity index (χ1n) is 10.8. The van der Waals surface area contributed by atoms with Crippen molar-refractivity contribution in [3.63, 3.8) is 0 Å². The highest BCUT2D eigenvalue weighted by Crippen LogP contribution is 2.36. The lowest BCUT2D eigenvalue weighted by Crippen LogP contribution is -2.61. The van der Waals surface area contributed by atoms with Crippen LogP contribution in [0.1, 0.15) is 56.2 Å². The number of aromatic amines is 1. The number of anilines is 1. The van der Waals surface area contributed by atoms with E-state index >= 15 is 0 Å². The molecule has 1 aliphatic carbocycles. The molecule has 0 bridgehead atoms. The highest BCUT2D eigenvalue weighted by Gasteiger charge is 2.43. The predicted molar refractivity (Wildman–Crippen MR) is 112 cm³/mol. The summed E-state index contributed by atoms with van der Waals surface area (Å²) in [5.41, 5.74) is 0.201. The number of nitrogens with one attached hydrogen (secondary N) is 2. The second-order valence-electron chi connectivity index (χ2n) is 8.83. The predicted octanol–water partition coefficient (Wildman–Crippen LogP) is 2.09. The van der Waals surface area contributed by atoms with Crippen LogP contribution in [0.5, 0.6) is 0 Å². The van der Waals surface area contributed by atoms with Crippen molar-refractivity contribution in [2.75, 3.05) is 18.5 Å². The number of carbonyl (C=O) groups is 2. The number of aromatic nitrogens is 3. The Labute approximate surface area is 185 Å². The van der Waals surface area contributed by atoms with E-state index in [0.717, 1.165) is 17.8 Å². The zero-order valence-corrected chi connectivity index (χ0v) is 18.5. The van der Waals surface area contributed by atoms with E-state index in [1.165, 1.54) is 4.90 Å². The Morgan fingerprint density at radius 3 is 2.94 bits per heavy atom. The van der Waals surface area contributed by atoms with Crippen LogP contribution in [0.15, 0.2) is 16.7 Å². The number of rotatable bonds is 5. The standard InChI is InChI=1S/C21H29N5O6/c1-12-6-16(32-25-12)8-19(27)22-18-9-17(23-24-18)14-4-5-15(7-14)31-20(28)26-13(2)10-30-11-21(26,3)29/h6,9,13-15,29H,4-5,7-8,10-11H2,1-3H3,(H2,22,23,24,27)/t13-,14-,15+,21-/m0/s1. The monoisotopic (exact) mass is 447 g/mol. The first kappa shape index (κ1) is 22.3. The molecule has 4 atom stereocenters. The second kappa shape index (κ2) is 8.91. The van der Waals surface area contributed by atoms with Gasteiger partial charge in [-0.15, -0.1) is 0 Å². The van der Waals surface area contributed by atoms with Crippen molar-refractivity contribution in [1.82, 2.24) is 20.3 Å². The van der Waals surface area contributed by atoms with E-state index in [2.05, 4.69) is 20.7 Å². The number of aryl methyl sites for hydroxylation is 1. The normalized spacial score (nSPS) is 28.0. The lowest BCUT2D eigenvalue weighted by atomic mass is 10.0. The lowest BCUT2D eigenvalue weighted by Gasteiger charge is -2.44. The molecule has 3 heterocycles. The third-order valence-corrected chi connectivity index (χ3v) is 5.86. The van der Waals surface area contributed by atoms with Crippen LogP contribution in [0.4, 0.5) is 10.6 Å². The maximum Gasteiger partial charge on any atom is 0.412 e. The Kier molecular flexibility index (Phi) is 6.20. The molecule has 3 N–H and O–H groups in total. The molecule has 1 saturated carbocycles. The summed E-state index contributed by atoms with van der Waals surface area (Å²) in [6, 6.07) is 3.24. The molecule has 2 fully saturated rings. The van der Waals surface area contributed by atoms with Crippen LogP contribution >= 0.6 is 0 Å². The Bertz CT molecular complexity index is 970. The molecule has 2 aromatic rings. The third kappa shape index (κ3) is 4.94. The maximum absolute atomic E-state index is 12.7. The number of ether oxygens (including phenoxy) is 2. The molecule has 32 heavy (non-hydrogen) atoms. The minimum Gasteiger partial charge on any atom is -0.446 e. The molecule has 1 aliphatic heterocycles. The van der Waals surface area contributed by atoms with Crippen molar-refractivity contribution in [2.24, 2.45) is 0 Å². The molecule has 0 radical (unpaired) electrons. The summed E-state index contributed by atoms with van der Waals surface area (Å²) in [5, 5.41) is 24.1. The van der Waals surface area contributed by atoms with Crippen LogP contribution in [0.2, 0.25) is 0 Å². The average Bonchev–Trinajstić information content (AvgIpc) is 3.43. The van der Waals surface area contributed by atoms with Crippen LogP contribution < -0.4 is 5.32 Å². The third-order valence-electron chi connectivity index (χ3n) is 5.86. The Morgan fingerprint density at radius 2 is 2.22 bits per heavy atom. The molecule has 0 aromatic carbocycles. The molecule has 174 valence electrons. The minimum atomic E-state index is -1.40. The van der Waals surface area contributed by atoms with E-state index in [9.17, 15) is 14.7 Å². The summed E-state index contributed by atoms with van der Waals surface area (Å²) >= 11 is 0. The van der Waals surface area contributed by atoms with E-state index < -0.39 is 11.8 Å². The number of carbonyl (C=O) groups excluding carboxylic acids is 2. The van der Waals surface area contributed by atoms with Crippen molar-refractivity contribution in [3.8, 4) is 0 Å². The minimum absolute atomic E-state index is 0.0540. The number of aliphatic hydroxyl groups is 1. The van der Waals surface area contributed by atoms with Crippen LogP contribution in [0.3, 0.4) is 0 Å². The summed E-state index contributed by atoms with van der Waals surface area (Å²) in [4.78, 5) is 26.2.